The monoisotopic (exact) mass is 270 g/mol. The Balaban J connectivity index is 2.54. The van der Waals surface area contributed by atoms with Crippen molar-refractivity contribution in [2.75, 3.05) is 7.05 Å². The van der Waals surface area contributed by atoms with E-state index in [1.54, 1.807) is 6.92 Å². The van der Waals surface area contributed by atoms with E-state index in [1.165, 1.54) is 25.7 Å². The summed E-state index contributed by atoms with van der Waals surface area (Å²) in [5.74, 6) is -0.919. The summed E-state index contributed by atoms with van der Waals surface area (Å²) in [5.41, 5.74) is 5.17. The van der Waals surface area contributed by atoms with Crippen LogP contribution in [-0.2, 0) is 4.79 Å². The molecule has 1 fully saturated rings. The normalized spacial score (nSPS) is 25.0. The molecule has 2 unspecified atom stereocenters. The number of carbonyl (C=O) groups is 1. The van der Waals surface area contributed by atoms with Gasteiger partial charge in [0.25, 0.3) is 0 Å². The minimum atomic E-state index is -1.14. The van der Waals surface area contributed by atoms with Crippen molar-refractivity contribution >= 4 is 5.97 Å². The van der Waals surface area contributed by atoms with E-state index in [1.807, 2.05) is 0 Å². The topological polar surface area (TPSA) is 66.6 Å². The van der Waals surface area contributed by atoms with Gasteiger partial charge < -0.3 is 15.7 Å². The molecular weight excluding hydrogens is 240 g/mol. The average molecular weight is 270 g/mol. The fraction of sp³-hybridized carbons (Fsp3) is 0.933. The Bertz CT molecular complexity index is 316. The Hall–Kier alpha value is -0.610. The van der Waals surface area contributed by atoms with E-state index in [4.69, 9.17) is 10.8 Å². The SMILES string of the molecule is CC(CC(C)(N)C(=O)O)N(C)C1CCC(C)(C)CC1. The number of rotatable bonds is 5. The van der Waals surface area contributed by atoms with Gasteiger partial charge in [-0.3, -0.25) is 4.79 Å². The third-order valence-corrected chi connectivity index (χ3v) is 4.79. The number of carboxylic acid groups (broad SMARTS) is 1. The Morgan fingerprint density at radius 1 is 1.47 bits per heavy atom. The summed E-state index contributed by atoms with van der Waals surface area (Å²) >= 11 is 0. The zero-order chi connectivity index (χ0) is 14.8. The van der Waals surface area contributed by atoms with Crippen molar-refractivity contribution in [1.82, 2.24) is 4.90 Å². The zero-order valence-electron chi connectivity index (χ0n) is 13.1. The van der Waals surface area contributed by atoms with Crippen LogP contribution >= 0.6 is 0 Å². The smallest absolute Gasteiger partial charge is 0.323 e. The van der Waals surface area contributed by atoms with Gasteiger partial charge in [-0.2, -0.15) is 0 Å². The summed E-state index contributed by atoms with van der Waals surface area (Å²) in [5, 5.41) is 9.11. The lowest BCUT2D eigenvalue weighted by Gasteiger charge is -2.42. The molecule has 0 aromatic rings. The minimum Gasteiger partial charge on any atom is -0.480 e. The third-order valence-electron chi connectivity index (χ3n) is 4.79. The van der Waals surface area contributed by atoms with Gasteiger partial charge in [0.15, 0.2) is 0 Å². The highest BCUT2D eigenvalue weighted by Gasteiger charge is 2.34. The van der Waals surface area contributed by atoms with Gasteiger partial charge in [-0.25, -0.2) is 0 Å². The molecular formula is C15H30N2O2. The summed E-state index contributed by atoms with van der Waals surface area (Å²) in [6.07, 6.45) is 5.37. The molecule has 0 amide bonds. The standard InChI is InChI=1S/C15H30N2O2/c1-11(10-15(4,16)13(18)19)17(5)12-6-8-14(2,3)9-7-12/h11-12H,6-10,16H2,1-5H3,(H,18,19). The largest absolute Gasteiger partial charge is 0.480 e. The van der Waals surface area contributed by atoms with Crippen LogP contribution in [0.3, 0.4) is 0 Å². The predicted molar refractivity (Wildman–Crippen MR) is 78.1 cm³/mol. The van der Waals surface area contributed by atoms with Gasteiger partial charge in [0.1, 0.15) is 5.54 Å². The van der Waals surface area contributed by atoms with Gasteiger partial charge in [0.2, 0.25) is 0 Å². The van der Waals surface area contributed by atoms with Gasteiger partial charge in [-0.15, -0.1) is 0 Å². The first kappa shape index (κ1) is 16.4. The second-order valence-electron chi connectivity index (χ2n) is 7.34. The number of aliphatic carboxylic acids is 1. The maximum atomic E-state index is 11.1. The average Bonchev–Trinajstić information content (AvgIpc) is 2.27. The Morgan fingerprint density at radius 3 is 2.37 bits per heavy atom. The second kappa shape index (κ2) is 5.80. The van der Waals surface area contributed by atoms with Crippen molar-refractivity contribution in [2.24, 2.45) is 11.1 Å². The zero-order valence-corrected chi connectivity index (χ0v) is 13.1. The molecule has 0 heterocycles. The first-order valence-corrected chi connectivity index (χ1v) is 7.29. The van der Waals surface area contributed by atoms with Crippen LogP contribution in [-0.4, -0.2) is 40.6 Å². The van der Waals surface area contributed by atoms with Crippen molar-refractivity contribution in [3.8, 4) is 0 Å². The van der Waals surface area contributed by atoms with Gasteiger partial charge in [0, 0.05) is 12.1 Å². The molecule has 0 aromatic heterocycles. The molecule has 0 spiro atoms. The van der Waals surface area contributed by atoms with Crippen LogP contribution in [0.5, 0.6) is 0 Å². The van der Waals surface area contributed by atoms with E-state index in [0.29, 0.717) is 17.9 Å². The fourth-order valence-electron chi connectivity index (χ4n) is 3.00. The van der Waals surface area contributed by atoms with Crippen LogP contribution in [0.1, 0.15) is 59.8 Å². The first-order chi connectivity index (χ1) is 8.55. The lowest BCUT2D eigenvalue weighted by molar-refractivity contribution is -0.143. The van der Waals surface area contributed by atoms with Crippen molar-refractivity contribution < 1.29 is 9.90 Å². The van der Waals surface area contributed by atoms with Crippen molar-refractivity contribution in [3.63, 3.8) is 0 Å². The number of nitrogens with zero attached hydrogens (tertiary/aromatic N) is 1. The van der Waals surface area contributed by atoms with Crippen LogP contribution < -0.4 is 5.73 Å². The van der Waals surface area contributed by atoms with E-state index >= 15 is 0 Å². The van der Waals surface area contributed by atoms with Crippen LogP contribution in [0, 0.1) is 5.41 Å². The van der Waals surface area contributed by atoms with Crippen LogP contribution in [0.25, 0.3) is 0 Å². The van der Waals surface area contributed by atoms with E-state index in [0.717, 1.165) is 0 Å². The molecule has 0 saturated heterocycles. The van der Waals surface area contributed by atoms with Crippen LogP contribution in [0.15, 0.2) is 0 Å². The molecule has 0 aromatic carbocycles. The summed E-state index contributed by atoms with van der Waals surface area (Å²) in [6, 6.07) is 0.755. The van der Waals surface area contributed by atoms with Gasteiger partial charge in [0.05, 0.1) is 0 Å². The number of nitrogens with two attached hydrogens (primary N) is 1. The van der Waals surface area contributed by atoms with Gasteiger partial charge in [-0.1, -0.05) is 13.8 Å². The molecule has 1 saturated carbocycles. The van der Waals surface area contributed by atoms with E-state index in [9.17, 15) is 4.79 Å². The highest BCUT2D eigenvalue weighted by Crippen LogP contribution is 2.37. The second-order valence-corrected chi connectivity index (χ2v) is 7.34. The quantitative estimate of drug-likeness (QED) is 0.805. The summed E-state index contributed by atoms with van der Waals surface area (Å²) in [6.45, 7) is 8.33. The van der Waals surface area contributed by atoms with E-state index < -0.39 is 11.5 Å². The molecule has 19 heavy (non-hydrogen) atoms. The molecule has 112 valence electrons. The Kier molecular flexibility index (Phi) is 5.02. The lowest BCUT2D eigenvalue weighted by Crippen LogP contribution is -2.51. The lowest BCUT2D eigenvalue weighted by atomic mass is 9.75. The summed E-state index contributed by atoms with van der Waals surface area (Å²) in [7, 11) is 2.10. The molecule has 2 atom stereocenters. The first-order valence-electron chi connectivity index (χ1n) is 7.29. The Morgan fingerprint density at radius 2 is 1.95 bits per heavy atom. The third kappa shape index (κ3) is 4.46. The number of hydrogen-bond donors (Lipinski definition) is 2. The van der Waals surface area contributed by atoms with Crippen molar-refractivity contribution in [3.05, 3.63) is 0 Å². The van der Waals surface area contributed by atoms with Gasteiger partial charge >= 0.3 is 5.97 Å². The number of carboxylic acids is 1. The highest BCUT2D eigenvalue weighted by atomic mass is 16.4. The van der Waals surface area contributed by atoms with Crippen molar-refractivity contribution in [2.45, 2.75) is 77.4 Å². The molecule has 0 bridgehead atoms. The molecule has 1 aliphatic carbocycles. The molecule has 4 nitrogen and oxygen atoms in total. The van der Waals surface area contributed by atoms with Crippen LogP contribution in [0.2, 0.25) is 0 Å². The number of hydrogen-bond acceptors (Lipinski definition) is 3. The molecule has 4 heteroatoms. The van der Waals surface area contributed by atoms with Gasteiger partial charge in [-0.05, 0) is 58.4 Å². The predicted octanol–water partition coefficient (Wildman–Crippen LogP) is 2.47. The maximum absolute atomic E-state index is 11.1. The van der Waals surface area contributed by atoms with Crippen LogP contribution in [0.4, 0.5) is 0 Å². The Labute approximate surface area is 117 Å². The van der Waals surface area contributed by atoms with Crippen molar-refractivity contribution in [1.29, 1.82) is 0 Å². The highest BCUT2D eigenvalue weighted by molar-refractivity contribution is 5.77. The summed E-state index contributed by atoms with van der Waals surface area (Å²) < 4.78 is 0. The molecule has 3 N–H and O–H groups in total. The molecule has 0 aliphatic heterocycles. The molecule has 1 rings (SSSR count). The fourth-order valence-corrected chi connectivity index (χ4v) is 3.00. The summed E-state index contributed by atoms with van der Waals surface area (Å²) in [4.78, 5) is 13.4. The molecule has 1 aliphatic rings. The minimum absolute atomic E-state index is 0.192. The molecule has 0 radical (unpaired) electrons. The maximum Gasteiger partial charge on any atom is 0.323 e. The van der Waals surface area contributed by atoms with E-state index in [-0.39, 0.29) is 6.04 Å². The van der Waals surface area contributed by atoms with E-state index in [2.05, 4.69) is 32.7 Å².